The smallest absolute Gasteiger partial charge is 0.341 e. The van der Waals surface area contributed by atoms with Gasteiger partial charge in [0.05, 0.1) is 14.2 Å². The number of methoxy groups -OCH3 is 2. The van der Waals surface area contributed by atoms with Gasteiger partial charge in [0.25, 0.3) is 0 Å². The van der Waals surface area contributed by atoms with Crippen molar-refractivity contribution in [3.8, 4) is 5.75 Å². The minimum Gasteiger partial charge on any atom is -0.496 e. The van der Waals surface area contributed by atoms with Gasteiger partial charge in [-0.2, -0.15) is 0 Å². The van der Waals surface area contributed by atoms with Crippen LogP contribution in [0.5, 0.6) is 5.75 Å². The molecule has 0 saturated heterocycles. The SMILES string of the molecule is CN=C(NCCCOCC1CC1)NCc1ccc(OC)c(C(=O)OC)c1. The predicted molar refractivity (Wildman–Crippen MR) is 101 cm³/mol. The maximum Gasteiger partial charge on any atom is 0.341 e. The zero-order chi connectivity index (χ0) is 18.8. The Hall–Kier alpha value is -2.28. The van der Waals surface area contributed by atoms with E-state index in [2.05, 4.69) is 15.6 Å². The average molecular weight is 363 g/mol. The zero-order valence-corrected chi connectivity index (χ0v) is 15.8. The number of ether oxygens (including phenoxy) is 3. The summed E-state index contributed by atoms with van der Waals surface area (Å²) in [5, 5.41) is 6.49. The fraction of sp³-hybridized carbons (Fsp3) is 0.579. The van der Waals surface area contributed by atoms with E-state index in [0.717, 1.165) is 37.7 Å². The van der Waals surface area contributed by atoms with Crippen molar-refractivity contribution >= 4 is 11.9 Å². The molecule has 1 aliphatic rings. The Morgan fingerprint density at radius 2 is 2.08 bits per heavy atom. The molecule has 0 amide bonds. The van der Waals surface area contributed by atoms with Gasteiger partial charge in [-0.1, -0.05) is 6.07 Å². The highest BCUT2D eigenvalue weighted by Crippen LogP contribution is 2.28. The zero-order valence-electron chi connectivity index (χ0n) is 15.8. The number of guanidine groups is 1. The first kappa shape index (κ1) is 20.0. The summed E-state index contributed by atoms with van der Waals surface area (Å²) in [5.41, 5.74) is 1.34. The van der Waals surface area contributed by atoms with Crippen molar-refractivity contribution in [2.24, 2.45) is 10.9 Å². The molecule has 0 unspecified atom stereocenters. The third kappa shape index (κ3) is 6.55. The molecule has 1 saturated carbocycles. The van der Waals surface area contributed by atoms with Gasteiger partial charge in [-0.25, -0.2) is 4.79 Å². The van der Waals surface area contributed by atoms with Gasteiger partial charge in [-0.3, -0.25) is 4.99 Å². The molecule has 1 aromatic carbocycles. The molecule has 0 radical (unpaired) electrons. The van der Waals surface area contributed by atoms with Crippen molar-refractivity contribution in [3.05, 3.63) is 29.3 Å². The number of aliphatic imine (C=N–C) groups is 1. The summed E-state index contributed by atoms with van der Waals surface area (Å²) in [4.78, 5) is 16.0. The van der Waals surface area contributed by atoms with Crippen molar-refractivity contribution in [1.82, 2.24) is 10.6 Å². The molecule has 7 heteroatoms. The van der Waals surface area contributed by atoms with Crippen LogP contribution in [0.2, 0.25) is 0 Å². The Labute approximate surface area is 155 Å². The lowest BCUT2D eigenvalue weighted by molar-refractivity contribution is 0.0597. The molecular formula is C19H29N3O4. The van der Waals surface area contributed by atoms with Gasteiger partial charge in [-0.05, 0) is 42.9 Å². The molecule has 2 N–H and O–H groups in total. The molecule has 1 fully saturated rings. The Bertz CT molecular complexity index is 615. The lowest BCUT2D eigenvalue weighted by Crippen LogP contribution is -2.37. The summed E-state index contributed by atoms with van der Waals surface area (Å²) in [6.07, 6.45) is 3.57. The van der Waals surface area contributed by atoms with Crippen LogP contribution >= 0.6 is 0 Å². The standard InChI is InChI=1S/C19H29N3O4/c1-20-19(21-9-4-10-26-13-14-5-6-14)22-12-15-7-8-17(24-2)16(11-15)18(23)25-3/h7-8,11,14H,4-6,9-10,12-13H2,1-3H3,(H2,20,21,22). The molecule has 1 aromatic rings. The molecule has 0 aliphatic heterocycles. The highest BCUT2D eigenvalue weighted by atomic mass is 16.5. The van der Waals surface area contributed by atoms with E-state index in [0.29, 0.717) is 23.8 Å². The Balaban J connectivity index is 1.75. The summed E-state index contributed by atoms with van der Waals surface area (Å²) in [5.74, 6) is 1.59. The van der Waals surface area contributed by atoms with Crippen LogP contribution in [-0.2, 0) is 16.0 Å². The quantitative estimate of drug-likeness (QED) is 0.286. The number of hydrogen-bond acceptors (Lipinski definition) is 5. The first-order valence-electron chi connectivity index (χ1n) is 8.95. The van der Waals surface area contributed by atoms with Crippen LogP contribution in [0.3, 0.4) is 0 Å². The van der Waals surface area contributed by atoms with Gasteiger partial charge in [0, 0.05) is 33.4 Å². The van der Waals surface area contributed by atoms with Crippen LogP contribution in [0.1, 0.15) is 35.2 Å². The second-order valence-corrected chi connectivity index (χ2v) is 6.25. The Morgan fingerprint density at radius 1 is 1.27 bits per heavy atom. The fourth-order valence-corrected chi connectivity index (χ4v) is 2.46. The van der Waals surface area contributed by atoms with E-state index in [1.165, 1.54) is 27.1 Å². The van der Waals surface area contributed by atoms with Gasteiger partial charge >= 0.3 is 5.97 Å². The summed E-state index contributed by atoms with van der Waals surface area (Å²) in [6.45, 7) is 2.99. The molecule has 0 aromatic heterocycles. The van der Waals surface area contributed by atoms with Crippen molar-refractivity contribution in [2.45, 2.75) is 25.8 Å². The maximum absolute atomic E-state index is 11.8. The molecule has 0 atom stereocenters. The van der Waals surface area contributed by atoms with E-state index in [1.54, 1.807) is 19.2 Å². The van der Waals surface area contributed by atoms with E-state index in [1.807, 2.05) is 6.07 Å². The first-order chi connectivity index (χ1) is 12.7. The molecule has 1 aliphatic carbocycles. The number of nitrogens with zero attached hydrogens (tertiary/aromatic N) is 1. The molecule has 0 spiro atoms. The van der Waals surface area contributed by atoms with Crippen LogP contribution < -0.4 is 15.4 Å². The molecule has 144 valence electrons. The fourth-order valence-electron chi connectivity index (χ4n) is 2.46. The monoisotopic (exact) mass is 363 g/mol. The van der Waals surface area contributed by atoms with E-state index < -0.39 is 5.97 Å². The summed E-state index contributed by atoms with van der Waals surface area (Å²) >= 11 is 0. The predicted octanol–water partition coefficient (Wildman–Crippen LogP) is 1.96. The number of hydrogen-bond donors (Lipinski definition) is 2. The van der Waals surface area contributed by atoms with Crippen molar-refractivity contribution < 1.29 is 19.0 Å². The van der Waals surface area contributed by atoms with Gasteiger partial charge in [0.15, 0.2) is 5.96 Å². The minimum absolute atomic E-state index is 0.407. The molecular weight excluding hydrogens is 334 g/mol. The second kappa shape index (κ2) is 10.7. The highest BCUT2D eigenvalue weighted by molar-refractivity contribution is 5.92. The number of carbonyl (C=O) groups excluding carboxylic acids is 1. The largest absolute Gasteiger partial charge is 0.496 e. The van der Waals surface area contributed by atoms with Gasteiger partial charge in [-0.15, -0.1) is 0 Å². The lowest BCUT2D eigenvalue weighted by atomic mass is 10.1. The summed E-state index contributed by atoms with van der Waals surface area (Å²) < 4.78 is 15.6. The molecule has 2 rings (SSSR count). The maximum atomic E-state index is 11.8. The topological polar surface area (TPSA) is 81.2 Å². The number of esters is 1. The van der Waals surface area contributed by atoms with E-state index in [9.17, 15) is 4.79 Å². The first-order valence-corrected chi connectivity index (χ1v) is 8.95. The van der Waals surface area contributed by atoms with Crippen LogP contribution in [-0.4, -0.2) is 53.0 Å². The third-order valence-electron chi connectivity index (χ3n) is 4.16. The average Bonchev–Trinajstić information content (AvgIpc) is 3.50. The Morgan fingerprint density at radius 3 is 2.73 bits per heavy atom. The van der Waals surface area contributed by atoms with E-state index in [-0.39, 0.29) is 0 Å². The summed E-state index contributed by atoms with van der Waals surface area (Å²) in [6, 6.07) is 5.42. The number of nitrogens with one attached hydrogen (secondary N) is 2. The second-order valence-electron chi connectivity index (χ2n) is 6.25. The minimum atomic E-state index is -0.419. The number of benzene rings is 1. The van der Waals surface area contributed by atoms with E-state index >= 15 is 0 Å². The van der Waals surface area contributed by atoms with Crippen molar-refractivity contribution in [3.63, 3.8) is 0 Å². The molecule has 0 heterocycles. The van der Waals surface area contributed by atoms with Crippen LogP contribution in [0.25, 0.3) is 0 Å². The normalized spacial score (nSPS) is 14.0. The third-order valence-corrected chi connectivity index (χ3v) is 4.16. The van der Waals surface area contributed by atoms with Gasteiger partial charge in [0.1, 0.15) is 11.3 Å². The van der Waals surface area contributed by atoms with Crippen LogP contribution in [0.15, 0.2) is 23.2 Å². The van der Waals surface area contributed by atoms with E-state index in [4.69, 9.17) is 14.2 Å². The lowest BCUT2D eigenvalue weighted by Gasteiger charge is -2.13. The van der Waals surface area contributed by atoms with Crippen LogP contribution in [0.4, 0.5) is 0 Å². The molecule has 0 bridgehead atoms. The molecule has 7 nitrogen and oxygen atoms in total. The number of rotatable bonds is 10. The van der Waals surface area contributed by atoms with Gasteiger partial charge < -0.3 is 24.8 Å². The van der Waals surface area contributed by atoms with Crippen LogP contribution in [0, 0.1) is 5.92 Å². The highest BCUT2D eigenvalue weighted by Gasteiger charge is 2.20. The number of carbonyl (C=O) groups is 1. The Kier molecular flexibility index (Phi) is 8.21. The summed E-state index contributed by atoms with van der Waals surface area (Å²) in [7, 11) is 4.61. The van der Waals surface area contributed by atoms with Gasteiger partial charge in [0.2, 0.25) is 0 Å². The van der Waals surface area contributed by atoms with Crippen molar-refractivity contribution in [1.29, 1.82) is 0 Å². The van der Waals surface area contributed by atoms with Crippen molar-refractivity contribution in [2.75, 3.05) is 41.0 Å². The molecule has 26 heavy (non-hydrogen) atoms.